The fourth-order valence-electron chi connectivity index (χ4n) is 1.53. The van der Waals surface area contributed by atoms with Gasteiger partial charge in [-0.2, -0.15) is 0 Å². The van der Waals surface area contributed by atoms with E-state index < -0.39 is 17.7 Å². The summed E-state index contributed by atoms with van der Waals surface area (Å²) < 4.78 is 25.9. The number of aromatic nitrogens is 2. The van der Waals surface area contributed by atoms with Gasteiger partial charge in [-0.05, 0) is 23.8 Å². The summed E-state index contributed by atoms with van der Waals surface area (Å²) in [6, 6.07) is 4.76. The fourth-order valence-corrected chi connectivity index (χ4v) is 1.53. The Morgan fingerprint density at radius 2 is 1.65 bits per heavy atom. The third-order valence-corrected chi connectivity index (χ3v) is 2.24. The van der Waals surface area contributed by atoms with Gasteiger partial charge < -0.3 is 5.11 Å². The Bertz CT molecular complexity index is 485. The summed E-state index contributed by atoms with van der Waals surface area (Å²) in [6.07, 6.45) is 2.09. The van der Waals surface area contributed by atoms with Crippen LogP contribution in [0.5, 0.6) is 0 Å². The molecule has 1 heterocycles. The highest BCUT2D eigenvalue weighted by atomic mass is 19.1. The molecule has 3 nitrogen and oxygen atoms in total. The standard InChI is InChI=1S/C12H10F2N2O/c13-9-4-8(5-10(14)7-9)6-11(17)12-15-2-1-3-16-12/h1-5,7,11,17H,6H2. The maximum atomic E-state index is 12.9. The zero-order chi connectivity index (χ0) is 12.3. The highest BCUT2D eigenvalue weighted by Gasteiger charge is 2.12. The van der Waals surface area contributed by atoms with Crippen LogP contribution in [0.1, 0.15) is 17.5 Å². The van der Waals surface area contributed by atoms with Crippen molar-refractivity contribution in [1.82, 2.24) is 9.97 Å². The van der Waals surface area contributed by atoms with Crippen molar-refractivity contribution in [2.24, 2.45) is 0 Å². The maximum absolute atomic E-state index is 12.9. The lowest BCUT2D eigenvalue weighted by Crippen LogP contribution is -2.06. The van der Waals surface area contributed by atoms with Crippen molar-refractivity contribution < 1.29 is 13.9 Å². The molecule has 0 amide bonds. The quantitative estimate of drug-likeness (QED) is 0.886. The number of aliphatic hydroxyl groups is 1. The van der Waals surface area contributed by atoms with E-state index in [2.05, 4.69) is 9.97 Å². The molecule has 0 bridgehead atoms. The molecule has 2 aromatic rings. The van der Waals surface area contributed by atoms with Crippen LogP contribution in [0.3, 0.4) is 0 Å². The molecule has 0 saturated heterocycles. The fraction of sp³-hybridized carbons (Fsp3) is 0.167. The first kappa shape index (κ1) is 11.6. The van der Waals surface area contributed by atoms with E-state index in [4.69, 9.17) is 0 Å². The molecule has 1 unspecified atom stereocenters. The van der Waals surface area contributed by atoms with Gasteiger partial charge in [-0.3, -0.25) is 0 Å². The van der Waals surface area contributed by atoms with Crippen molar-refractivity contribution in [3.63, 3.8) is 0 Å². The molecular formula is C12H10F2N2O. The average molecular weight is 236 g/mol. The molecule has 0 aliphatic carbocycles. The topological polar surface area (TPSA) is 46.0 Å². The summed E-state index contributed by atoms with van der Waals surface area (Å²) in [4.78, 5) is 7.74. The Labute approximate surface area is 96.8 Å². The number of nitrogens with zero attached hydrogens (tertiary/aromatic N) is 2. The number of hydrogen-bond donors (Lipinski definition) is 1. The number of benzene rings is 1. The van der Waals surface area contributed by atoms with E-state index in [0.29, 0.717) is 5.56 Å². The number of halogens is 2. The van der Waals surface area contributed by atoms with Crippen LogP contribution in [0, 0.1) is 11.6 Å². The minimum atomic E-state index is -0.975. The molecule has 0 spiro atoms. The van der Waals surface area contributed by atoms with E-state index in [1.807, 2.05) is 0 Å². The lowest BCUT2D eigenvalue weighted by Gasteiger charge is -2.08. The predicted molar refractivity (Wildman–Crippen MR) is 57.1 cm³/mol. The summed E-state index contributed by atoms with van der Waals surface area (Å²) >= 11 is 0. The Balaban J connectivity index is 2.16. The maximum Gasteiger partial charge on any atom is 0.157 e. The molecule has 1 atom stereocenters. The van der Waals surface area contributed by atoms with E-state index in [-0.39, 0.29) is 12.2 Å². The predicted octanol–water partition coefficient (Wildman–Crippen LogP) is 2.03. The van der Waals surface area contributed by atoms with Crippen molar-refractivity contribution in [2.75, 3.05) is 0 Å². The number of hydrogen-bond acceptors (Lipinski definition) is 3. The van der Waals surface area contributed by atoms with Gasteiger partial charge >= 0.3 is 0 Å². The minimum Gasteiger partial charge on any atom is -0.385 e. The van der Waals surface area contributed by atoms with Crippen LogP contribution in [0.15, 0.2) is 36.7 Å². The second kappa shape index (κ2) is 4.97. The molecule has 1 aromatic carbocycles. The Morgan fingerprint density at radius 1 is 1.06 bits per heavy atom. The van der Waals surface area contributed by atoms with Gasteiger partial charge in [-0.15, -0.1) is 0 Å². The van der Waals surface area contributed by atoms with Gasteiger partial charge in [0.2, 0.25) is 0 Å². The SMILES string of the molecule is OC(Cc1cc(F)cc(F)c1)c1ncccn1. The Morgan fingerprint density at radius 3 is 2.24 bits per heavy atom. The van der Waals surface area contributed by atoms with Crippen LogP contribution in [0.2, 0.25) is 0 Å². The second-order valence-electron chi connectivity index (χ2n) is 3.60. The smallest absolute Gasteiger partial charge is 0.157 e. The highest BCUT2D eigenvalue weighted by Crippen LogP contribution is 2.16. The van der Waals surface area contributed by atoms with E-state index in [1.165, 1.54) is 24.5 Å². The van der Waals surface area contributed by atoms with Gasteiger partial charge in [-0.25, -0.2) is 18.7 Å². The third-order valence-electron chi connectivity index (χ3n) is 2.24. The van der Waals surface area contributed by atoms with E-state index in [1.54, 1.807) is 6.07 Å². The Hall–Kier alpha value is -1.88. The first-order valence-electron chi connectivity index (χ1n) is 5.05. The van der Waals surface area contributed by atoms with E-state index in [0.717, 1.165) is 6.07 Å². The van der Waals surface area contributed by atoms with E-state index in [9.17, 15) is 13.9 Å². The molecule has 88 valence electrons. The van der Waals surface area contributed by atoms with Gasteiger partial charge in [0.25, 0.3) is 0 Å². The summed E-state index contributed by atoms with van der Waals surface area (Å²) in [5, 5.41) is 9.79. The number of aliphatic hydroxyl groups excluding tert-OH is 1. The molecule has 1 N–H and O–H groups in total. The van der Waals surface area contributed by atoms with Gasteiger partial charge in [0.1, 0.15) is 17.7 Å². The largest absolute Gasteiger partial charge is 0.385 e. The van der Waals surface area contributed by atoms with Crippen molar-refractivity contribution in [3.8, 4) is 0 Å². The number of rotatable bonds is 3. The molecule has 0 aliphatic rings. The first-order chi connectivity index (χ1) is 8.15. The summed E-state index contributed by atoms with van der Waals surface area (Å²) in [5.41, 5.74) is 0.363. The summed E-state index contributed by atoms with van der Waals surface area (Å²) in [5.74, 6) is -1.10. The molecule has 0 aliphatic heterocycles. The summed E-state index contributed by atoms with van der Waals surface area (Å²) in [7, 11) is 0. The monoisotopic (exact) mass is 236 g/mol. The zero-order valence-corrected chi connectivity index (χ0v) is 8.85. The second-order valence-corrected chi connectivity index (χ2v) is 3.60. The highest BCUT2D eigenvalue weighted by molar-refractivity contribution is 5.19. The Kier molecular flexibility index (Phi) is 3.39. The lowest BCUT2D eigenvalue weighted by atomic mass is 10.1. The average Bonchev–Trinajstić information content (AvgIpc) is 2.28. The molecule has 0 saturated carbocycles. The zero-order valence-electron chi connectivity index (χ0n) is 8.85. The first-order valence-corrected chi connectivity index (χ1v) is 5.05. The molecule has 17 heavy (non-hydrogen) atoms. The van der Waals surface area contributed by atoms with Crippen molar-refractivity contribution in [2.45, 2.75) is 12.5 Å². The van der Waals surface area contributed by atoms with Crippen LogP contribution >= 0.6 is 0 Å². The summed E-state index contributed by atoms with van der Waals surface area (Å²) in [6.45, 7) is 0. The van der Waals surface area contributed by atoms with Gasteiger partial charge in [0.05, 0.1) is 0 Å². The van der Waals surface area contributed by atoms with E-state index >= 15 is 0 Å². The van der Waals surface area contributed by atoms with Crippen molar-refractivity contribution >= 4 is 0 Å². The molecule has 0 fully saturated rings. The van der Waals surface area contributed by atoms with Crippen molar-refractivity contribution in [1.29, 1.82) is 0 Å². The van der Waals surface area contributed by atoms with Crippen LogP contribution < -0.4 is 0 Å². The van der Waals surface area contributed by atoms with Gasteiger partial charge in [0.15, 0.2) is 5.82 Å². The van der Waals surface area contributed by atoms with Gasteiger partial charge in [0, 0.05) is 24.9 Å². The van der Waals surface area contributed by atoms with Gasteiger partial charge in [-0.1, -0.05) is 0 Å². The van der Waals surface area contributed by atoms with Crippen LogP contribution in [0.4, 0.5) is 8.78 Å². The van der Waals surface area contributed by atoms with Crippen molar-refractivity contribution in [3.05, 3.63) is 59.7 Å². The van der Waals surface area contributed by atoms with Crippen LogP contribution in [-0.4, -0.2) is 15.1 Å². The minimum absolute atomic E-state index is 0.0681. The molecular weight excluding hydrogens is 226 g/mol. The molecule has 1 aromatic heterocycles. The molecule has 0 radical (unpaired) electrons. The normalized spacial score (nSPS) is 12.4. The third kappa shape index (κ3) is 3.04. The van der Waals surface area contributed by atoms with Crippen LogP contribution in [0.25, 0.3) is 0 Å². The molecule has 5 heteroatoms. The molecule has 2 rings (SSSR count). The lowest BCUT2D eigenvalue weighted by molar-refractivity contribution is 0.168. The van der Waals surface area contributed by atoms with Crippen LogP contribution in [-0.2, 0) is 6.42 Å².